The highest BCUT2D eigenvalue weighted by atomic mass is 32.2. The highest BCUT2D eigenvalue weighted by Gasteiger charge is 2.27. The van der Waals surface area contributed by atoms with Gasteiger partial charge in [-0.15, -0.1) is 0 Å². The molecule has 0 saturated carbocycles. The van der Waals surface area contributed by atoms with Crippen molar-refractivity contribution in [3.05, 3.63) is 47.7 Å². The highest BCUT2D eigenvalue weighted by Crippen LogP contribution is 2.28. The summed E-state index contributed by atoms with van der Waals surface area (Å²) in [4.78, 5) is 20.9. The van der Waals surface area contributed by atoms with E-state index in [1.165, 1.54) is 33.3 Å². The van der Waals surface area contributed by atoms with Crippen LogP contribution in [0.1, 0.15) is 15.9 Å². The average Bonchev–Trinajstić information content (AvgIpc) is 2.78. The zero-order valence-corrected chi connectivity index (χ0v) is 17.9. The number of sulfonamides is 1. The van der Waals surface area contributed by atoms with Crippen molar-refractivity contribution >= 4 is 21.7 Å². The van der Waals surface area contributed by atoms with Gasteiger partial charge in [0.05, 0.1) is 12.7 Å². The van der Waals surface area contributed by atoms with Crippen LogP contribution in [0.5, 0.6) is 5.75 Å². The van der Waals surface area contributed by atoms with Gasteiger partial charge in [-0.2, -0.15) is 5.26 Å². The standard InChI is InChI=1S/C20H23N5O4S/c1-23(2)30(27,28)18-13-15(6-7-17(18)29-3)20(26)25-11-9-24(10-12-25)19-16(14-21)5-4-8-22-19/h4-8,13H,9-12H2,1-3H3. The van der Waals surface area contributed by atoms with E-state index in [-0.39, 0.29) is 22.1 Å². The molecule has 1 aromatic heterocycles. The number of hydrogen-bond acceptors (Lipinski definition) is 7. The van der Waals surface area contributed by atoms with Gasteiger partial charge in [-0.1, -0.05) is 0 Å². The van der Waals surface area contributed by atoms with Crippen molar-refractivity contribution in [1.82, 2.24) is 14.2 Å². The third-order valence-electron chi connectivity index (χ3n) is 4.94. The molecule has 0 unspecified atom stereocenters. The topological polar surface area (TPSA) is 107 Å². The zero-order chi connectivity index (χ0) is 21.9. The van der Waals surface area contributed by atoms with Crippen LogP contribution in [0.3, 0.4) is 0 Å². The van der Waals surface area contributed by atoms with Gasteiger partial charge in [0.2, 0.25) is 10.0 Å². The molecule has 10 heteroatoms. The van der Waals surface area contributed by atoms with Crippen LogP contribution in [0.15, 0.2) is 41.4 Å². The molecule has 0 N–H and O–H groups in total. The van der Waals surface area contributed by atoms with Gasteiger partial charge in [-0.25, -0.2) is 17.7 Å². The van der Waals surface area contributed by atoms with E-state index in [1.54, 1.807) is 29.3 Å². The summed E-state index contributed by atoms with van der Waals surface area (Å²) in [6, 6.07) is 9.97. The fraction of sp³-hybridized carbons (Fsp3) is 0.350. The molecule has 30 heavy (non-hydrogen) atoms. The maximum atomic E-state index is 13.0. The lowest BCUT2D eigenvalue weighted by Gasteiger charge is -2.35. The molecule has 1 aliphatic heterocycles. The molecule has 0 aliphatic carbocycles. The number of amides is 1. The summed E-state index contributed by atoms with van der Waals surface area (Å²) in [6.45, 7) is 1.91. The summed E-state index contributed by atoms with van der Waals surface area (Å²) < 4.78 is 31.5. The molecule has 1 aromatic carbocycles. The molecule has 2 heterocycles. The maximum absolute atomic E-state index is 13.0. The first kappa shape index (κ1) is 21.5. The summed E-state index contributed by atoms with van der Waals surface area (Å²) in [5.41, 5.74) is 0.770. The van der Waals surface area contributed by atoms with E-state index in [4.69, 9.17) is 4.74 Å². The molecule has 1 amide bonds. The summed E-state index contributed by atoms with van der Waals surface area (Å²) in [6.07, 6.45) is 1.64. The molecule has 1 saturated heterocycles. The normalized spacial score (nSPS) is 14.5. The van der Waals surface area contributed by atoms with Crippen LogP contribution in [0, 0.1) is 11.3 Å². The van der Waals surface area contributed by atoms with E-state index in [0.717, 1.165) is 4.31 Å². The van der Waals surface area contributed by atoms with Crippen LogP contribution in [0.2, 0.25) is 0 Å². The quantitative estimate of drug-likeness (QED) is 0.702. The van der Waals surface area contributed by atoms with Crippen LogP contribution >= 0.6 is 0 Å². The zero-order valence-electron chi connectivity index (χ0n) is 17.1. The van der Waals surface area contributed by atoms with Crippen molar-refractivity contribution in [2.75, 3.05) is 52.3 Å². The van der Waals surface area contributed by atoms with E-state index < -0.39 is 10.0 Å². The first-order valence-electron chi connectivity index (χ1n) is 9.29. The van der Waals surface area contributed by atoms with E-state index in [2.05, 4.69) is 11.1 Å². The van der Waals surface area contributed by atoms with E-state index in [1.807, 2.05) is 4.90 Å². The predicted molar refractivity (Wildman–Crippen MR) is 111 cm³/mol. The van der Waals surface area contributed by atoms with Crippen LogP contribution in [-0.4, -0.2) is 75.9 Å². The third kappa shape index (κ3) is 4.08. The molecule has 1 fully saturated rings. The fourth-order valence-corrected chi connectivity index (χ4v) is 4.32. The van der Waals surface area contributed by atoms with Crippen LogP contribution in [0.4, 0.5) is 5.82 Å². The predicted octanol–water partition coefficient (Wildman–Crippen LogP) is 1.17. The first-order chi connectivity index (χ1) is 14.3. The Kier molecular flexibility index (Phi) is 6.24. The number of nitriles is 1. The molecular formula is C20H23N5O4S. The number of piperazine rings is 1. The minimum Gasteiger partial charge on any atom is -0.495 e. The molecule has 158 valence electrons. The lowest BCUT2D eigenvalue weighted by molar-refractivity contribution is 0.0746. The second-order valence-corrected chi connectivity index (χ2v) is 9.04. The Morgan fingerprint density at radius 3 is 2.50 bits per heavy atom. The monoisotopic (exact) mass is 429 g/mol. The first-order valence-corrected chi connectivity index (χ1v) is 10.7. The molecule has 9 nitrogen and oxygen atoms in total. The van der Waals surface area contributed by atoms with Crippen LogP contribution in [-0.2, 0) is 10.0 Å². The minimum atomic E-state index is -3.77. The maximum Gasteiger partial charge on any atom is 0.254 e. The number of carbonyl (C=O) groups is 1. The summed E-state index contributed by atoms with van der Waals surface area (Å²) >= 11 is 0. The SMILES string of the molecule is COc1ccc(C(=O)N2CCN(c3ncccc3C#N)CC2)cc1S(=O)(=O)N(C)C. The van der Waals surface area contributed by atoms with Crippen molar-refractivity contribution in [1.29, 1.82) is 5.26 Å². The summed E-state index contributed by atoms with van der Waals surface area (Å²) in [5.74, 6) is 0.536. The molecule has 0 spiro atoms. The Balaban J connectivity index is 1.79. The molecule has 2 aromatic rings. The summed E-state index contributed by atoms with van der Waals surface area (Å²) in [5, 5.41) is 9.27. The van der Waals surface area contributed by atoms with Crippen molar-refractivity contribution in [3.63, 3.8) is 0 Å². The Morgan fingerprint density at radius 2 is 1.90 bits per heavy atom. The van der Waals surface area contributed by atoms with Crippen LogP contribution in [0.25, 0.3) is 0 Å². The van der Waals surface area contributed by atoms with Gasteiger partial charge in [-0.05, 0) is 30.3 Å². The highest BCUT2D eigenvalue weighted by molar-refractivity contribution is 7.89. The van der Waals surface area contributed by atoms with E-state index in [9.17, 15) is 18.5 Å². The van der Waals surface area contributed by atoms with Gasteiger partial charge in [-0.3, -0.25) is 4.79 Å². The number of aromatic nitrogens is 1. The number of pyridine rings is 1. The largest absolute Gasteiger partial charge is 0.495 e. The number of nitrogens with zero attached hydrogens (tertiary/aromatic N) is 5. The third-order valence-corrected chi connectivity index (χ3v) is 6.78. The lowest BCUT2D eigenvalue weighted by Crippen LogP contribution is -2.49. The van der Waals surface area contributed by atoms with Crippen molar-refractivity contribution in [2.45, 2.75) is 4.90 Å². The molecule has 1 aliphatic rings. The second-order valence-electron chi connectivity index (χ2n) is 6.92. The lowest BCUT2D eigenvalue weighted by atomic mass is 10.1. The molecule has 3 rings (SSSR count). The Bertz CT molecular complexity index is 1090. The molecule has 0 radical (unpaired) electrons. The van der Waals surface area contributed by atoms with Gasteiger partial charge < -0.3 is 14.5 Å². The van der Waals surface area contributed by atoms with Gasteiger partial charge in [0.1, 0.15) is 22.5 Å². The van der Waals surface area contributed by atoms with E-state index in [0.29, 0.717) is 37.6 Å². The second kappa shape index (κ2) is 8.69. The van der Waals surface area contributed by atoms with Gasteiger partial charge >= 0.3 is 0 Å². The number of ether oxygens (including phenoxy) is 1. The smallest absolute Gasteiger partial charge is 0.254 e. The Labute approximate surface area is 176 Å². The molecule has 0 atom stereocenters. The van der Waals surface area contributed by atoms with Crippen molar-refractivity contribution in [2.24, 2.45) is 0 Å². The number of carbonyl (C=O) groups excluding carboxylic acids is 1. The Hall–Kier alpha value is -3.16. The Morgan fingerprint density at radius 1 is 1.20 bits per heavy atom. The number of hydrogen-bond donors (Lipinski definition) is 0. The minimum absolute atomic E-state index is 0.0494. The number of anilines is 1. The van der Waals surface area contributed by atoms with Gasteiger partial charge in [0, 0.05) is 52.0 Å². The molecule has 0 bridgehead atoms. The molecular weight excluding hydrogens is 406 g/mol. The van der Waals surface area contributed by atoms with Gasteiger partial charge in [0.25, 0.3) is 5.91 Å². The van der Waals surface area contributed by atoms with Gasteiger partial charge in [0.15, 0.2) is 0 Å². The number of methoxy groups -OCH3 is 1. The average molecular weight is 430 g/mol. The fourth-order valence-electron chi connectivity index (χ4n) is 3.25. The van der Waals surface area contributed by atoms with Crippen LogP contribution < -0.4 is 9.64 Å². The number of rotatable bonds is 5. The van der Waals surface area contributed by atoms with Crippen molar-refractivity contribution < 1.29 is 17.9 Å². The van der Waals surface area contributed by atoms with E-state index >= 15 is 0 Å². The van der Waals surface area contributed by atoms with Crippen molar-refractivity contribution in [3.8, 4) is 11.8 Å². The summed E-state index contributed by atoms with van der Waals surface area (Å²) in [7, 11) is 0.471. The number of benzene rings is 1.